The SMILES string of the molecule is CN1C(=S)N2CCCN3C(=S)N(CCCCc4ccc5ccc6cccc7ccc4c5c67)S1=C23. The topological polar surface area (TPSA) is 13.0 Å². The number of benzene rings is 4. The van der Waals surface area contributed by atoms with Gasteiger partial charge in [-0.25, -0.2) is 0 Å². The first-order valence-electron chi connectivity index (χ1n) is 12.0. The Kier molecular flexibility index (Phi) is 4.76. The number of aryl methyl sites for hydroxylation is 1. The van der Waals surface area contributed by atoms with Crippen molar-refractivity contribution >= 4 is 82.9 Å². The average molecular weight is 503 g/mol. The molecule has 7 heteroatoms. The maximum atomic E-state index is 5.91. The van der Waals surface area contributed by atoms with E-state index in [0.29, 0.717) is 0 Å². The van der Waals surface area contributed by atoms with Crippen LogP contribution in [-0.4, -0.2) is 60.4 Å². The summed E-state index contributed by atoms with van der Waals surface area (Å²) < 4.78 is 4.68. The number of unbranched alkanes of at least 4 members (excludes halogenated alkanes) is 1. The Morgan fingerprint density at radius 2 is 1.47 bits per heavy atom. The molecule has 1 unspecified atom stereocenters. The second-order valence-electron chi connectivity index (χ2n) is 9.41. The first-order chi connectivity index (χ1) is 16.6. The highest BCUT2D eigenvalue weighted by atomic mass is 32.2. The molecule has 0 amide bonds. The summed E-state index contributed by atoms with van der Waals surface area (Å²) in [5.74, 6) is 0. The van der Waals surface area contributed by atoms with Gasteiger partial charge in [-0.3, -0.25) is 18.4 Å². The molecule has 7 rings (SSSR count). The van der Waals surface area contributed by atoms with Gasteiger partial charge in [0.25, 0.3) is 0 Å². The third kappa shape index (κ3) is 2.87. The van der Waals surface area contributed by atoms with E-state index in [4.69, 9.17) is 24.4 Å². The van der Waals surface area contributed by atoms with Gasteiger partial charge in [-0.15, -0.1) is 0 Å². The molecule has 0 aliphatic carbocycles. The van der Waals surface area contributed by atoms with Crippen molar-refractivity contribution in [3.63, 3.8) is 0 Å². The molecule has 1 atom stereocenters. The van der Waals surface area contributed by atoms with Crippen LogP contribution in [0.25, 0.3) is 32.3 Å². The van der Waals surface area contributed by atoms with Crippen molar-refractivity contribution < 1.29 is 0 Å². The summed E-state index contributed by atoms with van der Waals surface area (Å²) in [5, 5.41) is 11.5. The van der Waals surface area contributed by atoms with E-state index in [0.717, 1.165) is 55.5 Å². The molecule has 0 N–H and O–H groups in total. The molecule has 0 radical (unpaired) electrons. The number of thiocarbonyl (C=S) groups is 2. The van der Waals surface area contributed by atoms with E-state index in [1.54, 1.807) is 0 Å². The molecule has 0 saturated carbocycles. The highest BCUT2D eigenvalue weighted by Gasteiger charge is 2.47. The molecule has 1 saturated heterocycles. The number of rotatable bonds is 5. The van der Waals surface area contributed by atoms with Crippen LogP contribution in [0.5, 0.6) is 0 Å². The van der Waals surface area contributed by atoms with E-state index in [9.17, 15) is 0 Å². The fourth-order valence-electron chi connectivity index (χ4n) is 5.86. The van der Waals surface area contributed by atoms with Crippen molar-refractivity contribution in [2.75, 3.05) is 26.7 Å². The second-order valence-corrected chi connectivity index (χ2v) is 12.0. The van der Waals surface area contributed by atoms with Crippen molar-refractivity contribution in [2.45, 2.75) is 25.7 Å². The van der Waals surface area contributed by atoms with Crippen molar-refractivity contribution in [3.05, 3.63) is 60.2 Å². The van der Waals surface area contributed by atoms with Crippen LogP contribution in [-0.2, 0) is 6.42 Å². The Morgan fingerprint density at radius 3 is 2.26 bits per heavy atom. The van der Waals surface area contributed by atoms with Gasteiger partial charge in [-0.2, -0.15) is 0 Å². The lowest BCUT2D eigenvalue weighted by Gasteiger charge is -2.36. The van der Waals surface area contributed by atoms with E-state index < -0.39 is 0 Å². The summed E-state index contributed by atoms with van der Waals surface area (Å²) in [7, 11) is 1.97. The lowest BCUT2D eigenvalue weighted by molar-refractivity contribution is 0.396. The van der Waals surface area contributed by atoms with Gasteiger partial charge in [0.1, 0.15) is 0 Å². The minimum absolute atomic E-state index is 0.158. The van der Waals surface area contributed by atoms with Gasteiger partial charge >= 0.3 is 0 Å². The van der Waals surface area contributed by atoms with Crippen LogP contribution >= 0.6 is 35.3 Å². The van der Waals surface area contributed by atoms with Crippen LogP contribution in [0.3, 0.4) is 0 Å². The number of hydrogen-bond acceptors (Lipinski definition) is 2. The molecular formula is C27H26N4S3. The first-order valence-corrected chi connectivity index (χ1v) is 14.0. The summed E-state index contributed by atoms with van der Waals surface area (Å²) in [6, 6.07) is 20.4. The molecule has 3 heterocycles. The Hall–Kier alpha value is -2.48. The Morgan fingerprint density at radius 1 is 0.794 bits per heavy atom. The van der Waals surface area contributed by atoms with Crippen LogP contribution in [0.15, 0.2) is 54.6 Å². The third-order valence-electron chi connectivity index (χ3n) is 7.48. The molecule has 0 bridgehead atoms. The highest BCUT2D eigenvalue weighted by molar-refractivity contribution is 8.14. The zero-order valence-electron chi connectivity index (χ0n) is 19.2. The molecular weight excluding hydrogens is 477 g/mol. The van der Waals surface area contributed by atoms with Gasteiger partial charge in [0.15, 0.2) is 15.3 Å². The fraction of sp³-hybridized carbons (Fsp3) is 0.296. The standard InChI is InChI=1S/C27H26N4S3/c1-28-25(32)29-15-5-16-30-26(33)31(34(28)27(29)30)17-3-2-6-18-9-10-21-12-11-19-7-4-8-20-13-14-22(18)24(21)23(19)20/h4,7-14H,2-3,5-6,15-17H2,1H3. The number of hydrogen-bond donors (Lipinski definition) is 0. The quantitative estimate of drug-likeness (QED) is 0.189. The molecule has 34 heavy (non-hydrogen) atoms. The monoisotopic (exact) mass is 502 g/mol. The average Bonchev–Trinajstić information content (AvgIpc) is 3.30. The molecule has 0 aromatic heterocycles. The van der Waals surface area contributed by atoms with Gasteiger partial charge in [0, 0.05) is 26.7 Å². The molecule has 1 fully saturated rings. The normalized spacial score (nSPS) is 20.1. The van der Waals surface area contributed by atoms with Crippen molar-refractivity contribution in [3.8, 4) is 0 Å². The summed E-state index contributed by atoms with van der Waals surface area (Å²) in [6.45, 7) is 3.02. The fourth-order valence-corrected chi connectivity index (χ4v) is 9.13. The summed E-state index contributed by atoms with van der Waals surface area (Å²) in [4.78, 5) is 4.64. The van der Waals surface area contributed by atoms with Crippen LogP contribution in [0.4, 0.5) is 0 Å². The minimum Gasteiger partial charge on any atom is -0.296 e. The van der Waals surface area contributed by atoms with Crippen molar-refractivity contribution in [1.29, 1.82) is 0 Å². The van der Waals surface area contributed by atoms with Crippen LogP contribution in [0.1, 0.15) is 24.8 Å². The van der Waals surface area contributed by atoms with Crippen LogP contribution in [0.2, 0.25) is 0 Å². The van der Waals surface area contributed by atoms with Crippen LogP contribution < -0.4 is 0 Å². The van der Waals surface area contributed by atoms with Crippen molar-refractivity contribution in [2.24, 2.45) is 0 Å². The molecule has 0 spiro atoms. The maximum Gasteiger partial charge on any atom is 0.188 e. The molecule has 3 aliphatic rings. The minimum atomic E-state index is -0.158. The summed E-state index contributed by atoms with van der Waals surface area (Å²) >= 11 is 11.6. The largest absolute Gasteiger partial charge is 0.296 e. The Bertz CT molecular complexity index is 1510. The predicted octanol–water partition coefficient (Wildman–Crippen LogP) is 5.93. The van der Waals surface area contributed by atoms with E-state index in [2.05, 4.69) is 80.1 Å². The zero-order chi connectivity index (χ0) is 23.0. The Labute approximate surface area is 213 Å². The second kappa shape index (κ2) is 7.77. The molecule has 4 nitrogen and oxygen atoms in total. The van der Waals surface area contributed by atoms with Crippen LogP contribution in [0, 0.1) is 0 Å². The predicted molar refractivity (Wildman–Crippen MR) is 153 cm³/mol. The van der Waals surface area contributed by atoms with Crippen molar-refractivity contribution in [1.82, 2.24) is 18.4 Å². The molecule has 4 aromatic carbocycles. The Balaban J connectivity index is 1.12. The molecule has 172 valence electrons. The molecule has 4 aromatic rings. The highest BCUT2D eigenvalue weighted by Crippen LogP contribution is 2.43. The van der Waals surface area contributed by atoms with Gasteiger partial charge < -0.3 is 0 Å². The first kappa shape index (κ1) is 20.9. The smallest absolute Gasteiger partial charge is 0.188 e. The van der Waals surface area contributed by atoms with Gasteiger partial charge in [-0.1, -0.05) is 54.6 Å². The lowest BCUT2D eigenvalue weighted by Crippen LogP contribution is -2.52. The third-order valence-corrected chi connectivity index (χ3v) is 10.9. The van der Waals surface area contributed by atoms with E-state index >= 15 is 0 Å². The number of nitrogens with zero attached hydrogens (tertiary/aromatic N) is 4. The van der Waals surface area contributed by atoms with Gasteiger partial charge in [0.2, 0.25) is 0 Å². The van der Waals surface area contributed by atoms with E-state index in [1.165, 1.54) is 43.0 Å². The van der Waals surface area contributed by atoms with Gasteiger partial charge in [0.05, 0.1) is 10.9 Å². The van der Waals surface area contributed by atoms with E-state index in [-0.39, 0.29) is 10.9 Å². The summed E-state index contributed by atoms with van der Waals surface area (Å²) in [6.07, 6.45) is 4.46. The van der Waals surface area contributed by atoms with E-state index in [1.807, 2.05) is 0 Å². The lowest BCUT2D eigenvalue weighted by atomic mass is 9.90. The maximum absolute atomic E-state index is 5.91. The summed E-state index contributed by atoms with van der Waals surface area (Å²) in [5.41, 5.74) is 1.45. The van der Waals surface area contributed by atoms with Gasteiger partial charge in [-0.05, 0) is 88.0 Å². The zero-order valence-corrected chi connectivity index (χ0v) is 21.6. The molecule has 3 aliphatic heterocycles.